The first kappa shape index (κ1) is 38.9. The molecule has 0 radical (unpaired) electrons. The molecule has 0 bridgehead atoms. The molecule has 4 aromatic carbocycles. The molecule has 0 fully saturated rings. The van der Waals surface area contributed by atoms with Gasteiger partial charge >= 0.3 is 0 Å². The Morgan fingerprint density at radius 3 is 1.44 bits per heavy atom. The Morgan fingerprint density at radius 2 is 0.871 bits per heavy atom. The summed E-state index contributed by atoms with van der Waals surface area (Å²) in [6, 6.07) is 39.1. The normalized spacial score (nSPS) is 12.0. The second-order valence-electron chi connectivity index (χ2n) is 13.6. The zero-order chi connectivity index (χ0) is 43.7. The van der Waals surface area contributed by atoms with Gasteiger partial charge in [-0.2, -0.15) is 31.6 Å². The summed E-state index contributed by atoms with van der Waals surface area (Å²) in [6.07, 6.45) is 0. The number of nitriles is 6. The zero-order valence-corrected chi connectivity index (χ0v) is 32.3. The SMILES string of the molecule is Cc1ccc2c(c1)-c1nc(C#N)c(C#N)nc1C2=O.Cc1cccc2c1C(=O)c1nc(C#N)c(C#N)nc1-2.N#Cc1nc2c(nc1C#N)-c1ccccc1C2=Nc1ccccc1. The Balaban J connectivity index is 0.000000129. The van der Waals surface area contributed by atoms with E-state index in [1.54, 1.807) is 24.3 Å². The van der Waals surface area contributed by atoms with Gasteiger partial charge in [-0.05, 0) is 37.6 Å². The smallest absolute Gasteiger partial charge is 0.214 e. The van der Waals surface area contributed by atoms with Gasteiger partial charge < -0.3 is 0 Å². The number of carbonyl (C=O) groups is 2. The summed E-state index contributed by atoms with van der Waals surface area (Å²) < 4.78 is 0. The highest BCUT2D eigenvalue weighted by molar-refractivity contribution is 6.24. The quantitative estimate of drug-likeness (QED) is 0.164. The molecular weight excluding hydrogens is 779 g/mol. The van der Waals surface area contributed by atoms with E-state index in [0.29, 0.717) is 50.7 Å². The van der Waals surface area contributed by atoms with Crippen molar-refractivity contribution in [1.82, 2.24) is 29.9 Å². The van der Waals surface area contributed by atoms with Crippen LogP contribution in [0.25, 0.3) is 33.8 Å². The molecule has 3 heterocycles. The van der Waals surface area contributed by atoms with E-state index in [1.165, 1.54) is 0 Å². The van der Waals surface area contributed by atoms with Gasteiger partial charge in [0.15, 0.2) is 34.2 Å². The minimum atomic E-state index is -0.251. The van der Waals surface area contributed by atoms with E-state index in [2.05, 4.69) is 29.9 Å². The molecule has 0 spiro atoms. The number of carbonyl (C=O) groups excluding carboxylic acids is 2. The van der Waals surface area contributed by atoms with Gasteiger partial charge in [-0.1, -0.05) is 78.4 Å². The molecule has 3 aliphatic carbocycles. The van der Waals surface area contributed by atoms with Gasteiger partial charge in [0.05, 0.1) is 11.4 Å². The van der Waals surface area contributed by atoms with E-state index in [0.717, 1.165) is 27.9 Å². The van der Waals surface area contributed by atoms with Gasteiger partial charge in [0.25, 0.3) is 0 Å². The van der Waals surface area contributed by atoms with Crippen molar-refractivity contribution in [2.24, 2.45) is 4.99 Å². The van der Waals surface area contributed by atoms with Crippen LogP contribution < -0.4 is 0 Å². The zero-order valence-electron chi connectivity index (χ0n) is 32.3. The molecule has 0 N–H and O–H groups in total. The van der Waals surface area contributed by atoms with Crippen molar-refractivity contribution in [2.45, 2.75) is 13.8 Å². The van der Waals surface area contributed by atoms with E-state index < -0.39 is 0 Å². The largest absolute Gasteiger partial charge is 0.287 e. The molecule has 0 saturated heterocycles. The van der Waals surface area contributed by atoms with E-state index in [1.807, 2.05) is 117 Å². The van der Waals surface area contributed by atoms with Crippen molar-refractivity contribution < 1.29 is 9.59 Å². The molecule has 0 atom stereocenters. The summed E-state index contributed by atoms with van der Waals surface area (Å²) >= 11 is 0. The summed E-state index contributed by atoms with van der Waals surface area (Å²) in [6.45, 7) is 3.74. The van der Waals surface area contributed by atoms with E-state index in [9.17, 15) is 20.1 Å². The highest BCUT2D eigenvalue weighted by Gasteiger charge is 2.34. The van der Waals surface area contributed by atoms with Crippen LogP contribution in [0.1, 0.15) is 88.7 Å². The monoisotopic (exact) mass is 799 g/mol. The van der Waals surface area contributed by atoms with Crippen molar-refractivity contribution in [2.75, 3.05) is 0 Å². The molecule has 15 nitrogen and oxygen atoms in total. The summed E-state index contributed by atoms with van der Waals surface area (Å²) in [7, 11) is 0. The van der Waals surface area contributed by atoms with Gasteiger partial charge in [-0.15, -0.1) is 0 Å². The second kappa shape index (κ2) is 15.8. The maximum Gasteiger partial charge on any atom is 0.214 e. The Bertz CT molecular complexity index is 3420. The van der Waals surface area contributed by atoms with Crippen LogP contribution in [-0.2, 0) is 0 Å². The lowest BCUT2D eigenvalue weighted by Gasteiger charge is -2.02. The first-order valence-corrected chi connectivity index (χ1v) is 18.4. The second-order valence-corrected chi connectivity index (χ2v) is 13.6. The summed E-state index contributed by atoms with van der Waals surface area (Å²) in [5, 5.41) is 54.2. The molecule has 0 aliphatic heterocycles. The van der Waals surface area contributed by atoms with Crippen molar-refractivity contribution in [3.8, 4) is 70.2 Å². The number of hydrogen-bond donors (Lipinski definition) is 0. The average Bonchev–Trinajstić information content (AvgIpc) is 3.88. The number of aryl methyl sites for hydroxylation is 2. The molecule has 0 unspecified atom stereocenters. The molecule has 3 aliphatic rings. The van der Waals surface area contributed by atoms with E-state index in [4.69, 9.17) is 26.0 Å². The number of hydrogen-bond acceptors (Lipinski definition) is 15. The van der Waals surface area contributed by atoms with Crippen molar-refractivity contribution in [3.05, 3.63) is 170 Å². The number of ketones is 2. The van der Waals surface area contributed by atoms with Gasteiger partial charge in [0.2, 0.25) is 11.6 Å². The molecule has 62 heavy (non-hydrogen) atoms. The van der Waals surface area contributed by atoms with Gasteiger partial charge in [0, 0.05) is 33.4 Å². The fraction of sp³-hybridized carbons (Fsp3) is 0.0426. The highest BCUT2D eigenvalue weighted by atomic mass is 16.1. The molecule has 286 valence electrons. The van der Waals surface area contributed by atoms with Crippen molar-refractivity contribution in [3.63, 3.8) is 0 Å². The molecule has 10 rings (SSSR count). The maximum absolute atomic E-state index is 12.3. The number of aromatic nitrogens is 6. The standard InChI is InChI=1S/C19H9N5.2C14H6N4O/c20-10-15-16(11-21)24-19-17(22-12-6-2-1-3-7-12)13-8-4-5-9-14(13)18(19)23-15;1-7-2-3-8-9(4-7)12-13(14(8)19)18-11(6-16)10(5-15)17-12;1-7-3-2-4-8-11(7)14(19)13-12(8)17-9(5-15)10(6-16)18-13/h1-9H;2*2-4H,1H3. The fourth-order valence-electron chi connectivity index (χ4n) is 7.05. The lowest BCUT2D eigenvalue weighted by atomic mass is 10.0. The predicted molar refractivity (Wildman–Crippen MR) is 219 cm³/mol. The van der Waals surface area contributed by atoms with Gasteiger partial charge in [0.1, 0.15) is 70.6 Å². The first-order valence-electron chi connectivity index (χ1n) is 18.4. The Hall–Kier alpha value is -9.93. The molecule has 0 amide bonds. The number of fused-ring (bicyclic) bond motifs is 9. The van der Waals surface area contributed by atoms with Crippen molar-refractivity contribution in [1.29, 1.82) is 31.6 Å². The first-order chi connectivity index (χ1) is 30.1. The molecule has 7 aromatic rings. The summed E-state index contributed by atoms with van der Waals surface area (Å²) in [5.74, 6) is -0.491. The lowest BCUT2D eigenvalue weighted by molar-refractivity contribution is 0.103. The molecular formula is C47H21N13O2. The van der Waals surface area contributed by atoms with E-state index in [-0.39, 0.29) is 57.1 Å². The van der Waals surface area contributed by atoms with Crippen LogP contribution in [0.3, 0.4) is 0 Å². The van der Waals surface area contributed by atoms with Crippen LogP contribution in [0.2, 0.25) is 0 Å². The van der Waals surface area contributed by atoms with E-state index >= 15 is 0 Å². The minimum absolute atomic E-state index is 0.0183. The van der Waals surface area contributed by atoms with Crippen LogP contribution in [0.4, 0.5) is 5.69 Å². The average molecular weight is 800 g/mol. The molecule has 0 saturated carbocycles. The summed E-state index contributed by atoms with van der Waals surface area (Å²) in [4.78, 5) is 54.0. The third-order valence-electron chi connectivity index (χ3n) is 9.84. The van der Waals surface area contributed by atoms with Crippen LogP contribution in [0.15, 0.2) is 96.0 Å². The van der Waals surface area contributed by atoms with Crippen LogP contribution in [0, 0.1) is 81.8 Å². The number of benzene rings is 4. The topological polar surface area (TPSA) is 267 Å². The Labute approximate surface area is 352 Å². The third-order valence-corrected chi connectivity index (χ3v) is 9.84. The minimum Gasteiger partial charge on any atom is -0.287 e. The molecule has 3 aromatic heterocycles. The van der Waals surface area contributed by atoms with Gasteiger partial charge in [-0.3, -0.25) is 9.59 Å². The number of rotatable bonds is 1. The van der Waals surface area contributed by atoms with Crippen molar-refractivity contribution >= 4 is 23.0 Å². The predicted octanol–water partition coefficient (Wildman–Crippen LogP) is 6.85. The Kier molecular flexibility index (Phi) is 9.91. The number of para-hydroxylation sites is 1. The number of aliphatic imine (C=N–C) groups is 1. The molecule has 15 heteroatoms. The summed E-state index contributed by atoms with van der Waals surface area (Å²) in [5.41, 5.74) is 9.40. The van der Waals surface area contributed by atoms with Gasteiger partial charge in [-0.25, -0.2) is 34.9 Å². The van der Waals surface area contributed by atoms with Crippen LogP contribution in [0.5, 0.6) is 0 Å². The van der Waals surface area contributed by atoms with Crippen LogP contribution in [-0.4, -0.2) is 47.2 Å². The Morgan fingerprint density at radius 1 is 0.419 bits per heavy atom. The highest BCUT2D eigenvalue weighted by Crippen LogP contribution is 2.38. The van der Waals surface area contributed by atoms with Crippen LogP contribution >= 0.6 is 0 Å². The third kappa shape index (κ3) is 6.51. The number of nitrogens with zero attached hydrogens (tertiary/aromatic N) is 13. The maximum atomic E-state index is 12.3. The lowest BCUT2D eigenvalue weighted by Crippen LogP contribution is -2.05. The fourth-order valence-corrected chi connectivity index (χ4v) is 7.05.